The van der Waals surface area contributed by atoms with Crippen LogP contribution in [-0.4, -0.2) is 36.9 Å². The SMILES string of the molecule is O=S(=O)(c1ccc(F)c(F)c1)N1CC[C@@H](Oc2ccncc2)C1. The van der Waals surface area contributed by atoms with E-state index in [-0.39, 0.29) is 24.1 Å². The number of halogens is 2. The molecule has 1 saturated heterocycles. The number of rotatable bonds is 4. The maximum Gasteiger partial charge on any atom is 0.243 e. The quantitative estimate of drug-likeness (QED) is 0.856. The van der Waals surface area contributed by atoms with Crippen LogP contribution in [0.25, 0.3) is 0 Å². The molecule has 122 valence electrons. The molecule has 0 N–H and O–H groups in total. The highest BCUT2D eigenvalue weighted by Crippen LogP contribution is 2.24. The van der Waals surface area contributed by atoms with E-state index in [0.29, 0.717) is 18.2 Å². The summed E-state index contributed by atoms with van der Waals surface area (Å²) in [5.74, 6) is -1.66. The summed E-state index contributed by atoms with van der Waals surface area (Å²) in [6, 6.07) is 5.94. The summed E-state index contributed by atoms with van der Waals surface area (Å²) in [6.45, 7) is 0.417. The predicted octanol–water partition coefficient (Wildman–Crippen LogP) is 2.20. The molecule has 1 aromatic carbocycles. The minimum atomic E-state index is -3.87. The minimum absolute atomic E-state index is 0.156. The molecule has 0 spiro atoms. The summed E-state index contributed by atoms with van der Waals surface area (Å²) in [4.78, 5) is 3.61. The van der Waals surface area contributed by atoms with Gasteiger partial charge < -0.3 is 4.74 Å². The van der Waals surface area contributed by atoms with E-state index >= 15 is 0 Å². The van der Waals surface area contributed by atoms with Crippen molar-refractivity contribution in [3.05, 3.63) is 54.4 Å². The highest BCUT2D eigenvalue weighted by atomic mass is 32.2. The van der Waals surface area contributed by atoms with Crippen molar-refractivity contribution in [2.24, 2.45) is 0 Å². The van der Waals surface area contributed by atoms with Gasteiger partial charge in [-0.05, 0) is 36.8 Å². The van der Waals surface area contributed by atoms with Gasteiger partial charge in [-0.3, -0.25) is 4.98 Å². The molecule has 1 aliphatic heterocycles. The third kappa shape index (κ3) is 3.32. The van der Waals surface area contributed by atoms with Gasteiger partial charge in [0.05, 0.1) is 11.4 Å². The van der Waals surface area contributed by atoms with Crippen LogP contribution in [0.2, 0.25) is 0 Å². The number of hydrogen-bond acceptors (Lipinski definition) is 4. The molecule has 0 radical (unpaired) electrons. The Balaban J connectivity index is 1.73. The summed E-state index contributed by atoms with van der Waals surface area (Å²) < 4.78 is 58.1. The second kappa shape index (κ2) is 6.21. The highest BCUT2D eigenvalue weighted by Gasteiger charge is 2.34. The first-order valence-corrected chi connectivity index (χ1v) is 8.43. The van der Waals surface area contributed by atoms with E-state index in [1.807, 2.05) is 0 Å². The van der Waals surface area contributed by atoms with Gasteiger partial charge in [-0.1, -0.05) is 0 Å². The number of sulfonamides is 1. The summed E-state index contributed by atoms with van der Waals surface area (Å²) in [5.41, 5.74) is 0. The predicted molar refractivity (Wildman–Crippen MR) is 78.4 cm³/mol. The smallest absolute Gasteiger partial charge is 0.243 e. The molecule has 0 bridgehead atoms. The molecule has 5 nitrogen and oxygen atoms in total. The fourth-order valence-corrected chi connectivity index (χ4v) is 3.91. The van der Waals surface area contributed by atoms with E-state index < -0.39 is 21.7 Å². The summed E-state index contributed by atoms with van der Waals surface area (Å²) in [6.07, 6.45) is 3.39. The number of hydrogen-bond donors (Lipinski definition) is 0. The van der Waals surface area contributed by atoms with Crippen molar-refractivity contribution >= 4 is 10.0 Å². The average Bonchev–Trinajstić information content (AvgIpc) is 3.00. The Bertz CT molecular complexity index is 800. The molecule has 0 amide bonds. The van der Waals surface area contributed by atoms with Gasteiger partial charge in [0.2, 0.25) is 10.0 Å². The third-order valence-electron chi connectivity index (χ3n) is 3.59. The molecule has 8 heteroatoms. The molecule has 1 atom stereocenters. The van der Waals surface area contributed by atoms with Crippen LogP contribution in [0.3, 0.4) is 0 Å². The van der Waals surface area contributed by atoms with Crippen molar-refractivity contribution in [3.8, 4) is 5.75 Å². The van der Waals surface area contributed by atoms with Crippen LogP contribution in [0, 0.1) is 11.6 Å². The fraction of sp³-hybridized carbons (Fsp3) is 0.267. The van der Waals surface area contributed by atoms with Gasteiger partial charge in [-0.2, -0.15) is 4.31 Å². The van der Waals surface area contributed by atoms with Gasteiger partial charge in [0.25, 0.3) is 0 Å². The van der Waals surface area contributed by atoms with Crippen molar-refractivity contribution in [2.45, 2.75) is 17.4 Å². The number of ether oxygens (including phenoxy) is 1. The van der Waals surface area contributed by atoms with Crippen LogP contribution in [0.4, 0.5) is 8.78 Å². The second-order valence-corrected chi connectivity index (χ2v) is 7.09. The number of aromatic nitrogens is 1. The average molecular weight is 340 g/mol. The molecule has 2 aromatic rings. The van der Waals surface area contributed by atoms with Gasteiger partial charge in [0.15, 0.2) is 11.6 Å². The normalized spacial score (nSPS) is 19.0. The Labute approximate surface area is 132 Å². The van der Waals surface area contributed by atoms with E-state index in [9.17, 15) is 17.2 Å². The standard InChI is InChI=1S/C15H14F2N2O3S/c16-14-2-1-13(9-15(14)17)23(20,21)19-8-5-12(10-19)22-11-3-6-18-7-4-11/h1-4,6-7,9,12H,5,8,10H2/t12-/m1/s1. The minimum Gasteiger partial charge on any atom is -0.489 e. The molecule has 0 saturated carbocycles. The number of nitrogens with zero attached hydrogens (tertiary/aromatic N) is 2. The molecular weight excluding hydrogens is 326 g/mol. The van der Waals surface area contributed by atoms with E-state index in [2.05, 4.69) is 4.98 Å². The van der Waals surface area contributed by atoms with Crippen LogP contribution < -0.4 is 4.74 Å². The Morgan fingerprint density at radius 3 is 2.57 bits per heavy atom. The molecule has 2 heterocycles. The summed E-state index contributed by atoms with van der Waals surface area (Å²) >= 11 is 0. The van der Waals surface area contributed by atoms with Crippen LogP contribution in [0.1, 0.15) is 6.42 Å². The molecule has 0 unspecified atom stereocenters. The lowest BCUT2D eigenvalue weighted by Gasteiger charge is -2.17. The second-order valence-electron chi connectivity index (χ2n) is 5.15. The van der Waals surface area contributed by atoms with E-state index in [1.54, 1.807) is 24.5 Å². The van der Waals surface area contributed by atoms with Crippen molar-refractivity contribution in [1.82, 2.24) is 9.29 Å². The molecule has 23 heavy (non-hydrogen) atoms. The monoisotopic (exact) mass is 340 g/mol. The first kappa shape index (κ1) is 15.8. The lowest BCUT2D eigenvalue weighted by Crippen LogP contribution is -2.31. The van der Waals surface area contributed by atoms with E-state index in [1.165, 1.54) is 4.31 Å². The Morgan fingerprint density at radius 1 is 1.13 bits per heavy atom. The zero-order valence-corrected chi connectivity index (χ0v) is 12.8. The van der Waals surface area contributed by atoms with E-state index in [0.717, 1.165) is 12.1 Å². The summed E-state index contributed by atoms with van der Waals surface area (Å²) in [5, 5.41) is 0. The Morgan fingerprint density at radius 2 is 1.87 bits per heavy atom. The number of pyridine rings is 1. The lowest BCUT2D eigenvalue weighted by molar-refractivity contribution is 0.215. The topological polar surface area (TPSA) is 59.5 Å². The first-order chi connectivity index (χ1) is 11.0. The van der Waals surface area contributed by atoms with Gasteiger partial charge in [-0.15, -0.1) is 0 Å². The van der Waals surface area contributed by atoms with Crippen molar-refractivity contribution < 1.29 is 21.9 Å². The molecular formula is C15H14F2N2O3S. The Kier molecular flexibility index (Phi) is 4.27. The number of benzene rings is 1. The van der Waals surface area contributed by atoms with Crippen molar-refractivity contribution in [1.29, 1.82) is 0 Å². The highest BCUT2D eigenvalue weighted by molar-refractivity contribution is 7.89. The zero-order chi connectivity index (χ0) is 16.4. The molecule has 1 fully saturated rings. The zero-order valence-electron chi connectivity index (χ0n) is 12.0. The van der Waals surface area contributed by atoms with Crippen molar-refractivity contribution in [3.63, 3.8) is 0 Å². The maximum absolute atomic E-state index is 13.3. The van der Waals surface area contributed by atoms with Crippen LogP contribution in [0.5, 0.6) is 5.75 Å². The molecule has 0 aliphatic carbocycles. The van der Waals surface area contributed by atoms with Gasteiger partial charge >= 0.3 is 0 Å². The lowest BCUT2D eigenvalue weighted by atomic mass is 10.3. The van der Waals surface area contributed by atoms with Gasteiger partial charge in [0.1, 0.15) is 11.9 Å². The van der Waals surface area contributed by atoms with Crippen LogP contribution >= 0.6 is 0 Å². The molecule has 1 aromatic heterocycles. The maximum atomic E-state index is 13.3. The van der Waals surface area contributed by atoms with Crippen molar-refractivity contribution in [2.75, 3.05) is 13.1 Å². The Hall–Kier alpha value is -2.06. The van der Waals surface area contributed by atoms with E-state index in [4.69, 9.17) is 4.74 Å². The molecule has 1 aliphatic rings. The summed E-state index contributed by atoms with van der Waals surface area (Å²) in [7, 11) is -3.87. The first-order valence-electron chi connectivity index (χ1n) is 6.99. The third-order valence-corrected chi connectivity index (χ3v) is 5.45. The van der Waals surface area contributed by atoms with Gasteiger partial charge in [0, 0.05) is 18.9 Å². The van der Waals surface area contributed by atoms with Crippen LogP contribution in [-0.2, 0) is 10.0 Å². The molecule has 3 rings (SSSR count). The van der Waals surface area contributed by atoms with Crippen LogP contribution in [0.15, 0.2) is 47.6 Å². The van der Waals surface area contributed by atoms with Gasteiger partial charge in [-0.25, -0.2) is 17.2 Å². The largest absolute Gasteiger partial charge is 0.489 e. The fourth-order valence-electron chi connectivity index (χ4n) is 2.41.